The van der Waals surface area contributed by atoms with E-state index in [1.807, 2.05) is 11.7 Å². The zero-order valence-electron chi connectivity index (χ0n) is 11.6. The number of methoxy groups -OCH3 is 1. The molecule has 1 aromatic rings. The van der Waals surface area contributed by atoms with Crippen molar-refractivity contribution in [3.05, 3.63) is 11.9 Å². The van der Waals surface area contributed by atoms with Gasteiger partial charge in [-0.1, -0.05) is 38.5 Å². The van der Waals surface area contributed by atoms with Gasteiger partial charge in [0.2, 0.25) is 0 Å². The van der Waals surface area contributed by atoms with E-state index >= 15 is 0 Å². The first-order valence-corrected chi connectivity index (χ1v) is 7.04. The first-order valence-electron chi connectivity index (χ1n) is 7.04. The second-order valence-electron chi connectivity index (χ2n) is 5.42. The molecular formula is C14H25N3O. The first kappa shape index (κ1) is 13.4. The van der Waals surface area contributed by atoms with Crippen LogP contribution in [-0.2, 0) is 7.05 Å². The molecule has 2 N–H and O–H groups in total. The first-order chi connectivity index (χ1) is 8.72. The molecule has 0 aliphatic heterocycles. The van der Waals surface area contributed by atoms with E-state index < -0.39 is 0 Å². The molecule has 18 heavy (non-hydrogen) atoms. The van der Waals surface area contributed by atoms with E-state index in [0.717, 1.165) is 23.8 Å². The Hall–Kier alpha value is -1.03. The summed E-state index contributed by atoms with van der Waals surface area (Å²) in [6, 6.07) is 0.0375. The van der Waals surface area contributed by atoms with Crippen LogP contribution in [0.1, 0.15) is 56.7 Å². The van der Waals surface area contributed by atoms with Gasteiger partial charge in [-0.15, -0.1) is 0 Å². The third-order valence-electron chi connectivity index (χ3n) is 4.08. The highest BCUT2D eigenvalue weighted by molar-refractivity contribution is 5.27. The Labute approximate surface area is 110 Å². The van der Waals surface area contributed by atoms with Gasteiger partial charge in [-0.3, -0.25) is 4.68 Å². The van der Waals surface area contributed by atoms with Crippen LogP contribution < -0.4 is 10.5 Å². The zero-order chi connectivity index (χ0) is 13.0. The second kappa shape index (κ2) is 6.23. The molecule has 1 aliphatic carbocycles. The number of rotatable bonds is 4. The molecule has 1 aliphatic rings. The van der Waals surface area contributed by atoms with Crippen LogP contribution in [0.4, 0.5) is 0 Å². The van der Waals surface area contributed by atoms with Crippen LogP contribution in [-0.4, -0.2) is 16.9 Å². The number of hydrogen-bond donors (Lipinski definition) is 1. The van der Waals surface area contributed by atoms with E-state index in [1.165, 1.54) is 38.5 Å². The lowest BCUT2D eigenvalue weighted by molar-refractivity contribution is 0.366. The maximum atomic E-state index is 6.36. The molecule has 4 heteroatoms. The largest absolute Gasteiger partial charge is 0.493 e. The number of nitrogens with zero attached hydrogens (tertiary/aromatic N) is 2. The molecule has 0 spiro atoms. The molecule has 0 saturated heterocycles. The third-order valence-corrected chi connectivity index (χ3v) is 4.08. The minimum atomic E-state index is 0.0375. The summed E-state index contributed by atoms with van der Waals surface area (Å²) in [6.07, 6.45) is 11.0. The molecular weight excluding hydrogens is 226 g/mol. The summed E-state index contributed by atoms with van der Waals surface area (Å²) in [6.45, 7) is 0. The summed E-state index contributed by atoms with van der Waals surface area (Å²) in [5, 5.41) is 4.23. The lowest BCUT2D eigenvalue weighted by Crippen LogP contribution is -2.19. The van der Waals surface area contributed by atoms with Crippen molar-refractivity contribution in [3.8, 4) is 5.75 Å². The van der Waals surface area contributed by atoms with E-state index in [2.05, 4.69) is 5.10 Å². The SMILES string of the molecule is COc1cnn(C)c1C(N)CC1CCCCCC1. The van der Waals surface area contributed by atoms with Crippen molar-refractivity contribution in [3.63, 3.8) is 0 Å². The third kappa shape index (κ3) is 3.05. The highest BCUT2D eigenvalue weighted by Gasteiger charge is 2.21. The van der Waals surface area contributed by atoms with Gasteiger partial charge in [-0.25, -0.2) is 0 Å². The van der Waals surface area contributed by atoms with Gasteiger partial charge in [0.15, 0.2) is 5.75 Å². The van der Waals surface area contributed by atoms with Gasteiger partial charge in [-0.2, -0.15) is 5.10 Å². The smallest absolute Gasteiger partial charge is 0.161 e. The summed E-state index contributed by atoms with van der Waals surface area (Å²) in [4.78, 5) is 0. The van der Waals surface area contributed by atoms with E-state index in [0.29, 0.717) is 0 Å². The Morgan fingerprint density at radius 1 is 1.39 bits per heavy atom. The fourth-order valence-electron chi connectivity index (χ4n) is 3.08. The molecule has 1 unspecified atom stereocenters. The van der Waals surface area contributed by atoms with Gasteiger partial charge >= 0.3 is 0 Å². The Morgan fingerprint density at radius 2 is 2.06 bits per heavy atom. The van der Waals surface area contributed by atoms with Gasteiger partial charge in [0.05, 0.1) is 25.0 Å². The quantitative estimate of drug-likeness (QED) is 0.837. The summed E-state index contributed by atoms with van der Waals surface area (Å²) in [7, 11) is 3.61. The summed E-state index contributed by atoms with van der Waals surface area (Å²) in [5.41, 5.74) is 7.39. The van der Waals surface area contributed by atoms with Crippen molar-refractivity contribution in [2.75, 3.05) is 7.11 Å². The molecule has 1 atom stereocenters. The van der Waals surface area contributed by atoms with E-state index in [-0.39, 0.29) is 6.04 Å². The molecule has 0 aromatic carbocycles. The van der Waals surface area contributed by atoms with Crippen LogP contribution in [0.5, 0.6) is 5.75 Å². The second-order valence-corrected chi connectivity index (χ2v) is 5.42. The fraction of sp³-hybridized carbons (Fsp3) is 0.786. The molecule has 1 saturated carbocycles. The van der Waals surface area contributed by atoms with Gasteiger partial charge in [-0.05, 0) is 12.3 Å². The van der Waals surface area contributed by atoms with Crippen LogP contribution in [0.15, 0.2) is 6.20 Å². The van der Waals surface area contributed by atoms with Gasteiger partial charge in [0, 0.05) is 7.05 Å². The maximum absolute atomic E-state index is 6.36. The standard InChI is InChI=1S/C14H25N3O/c1-17-14(13(18-2)10-16-17)12(15)9-11-7-5-3-4-6-8-11/h10-12H,3-9,15H2,1-2H3. The molecule has 2 rings (SSSR count). The molecule has 1 aromatic heterocycles. The van der Waals surface area contributed by atoms with Crippen molar-refractivity contribution in [1.82, 2.24) is 9.78 Å². The fourth-order valence-corrected chi connectivity index (χ4v) is 3.08. The lowest BCUT2D eigenvalue weighted by atomic mass is 9.91. The predicted octanol–water partition coefficient (Wildman–Crippen LogP) is 2.79. The number of ether oxygens (including phenoxy) is 1. The molecule has 0 radical (unpaired) electrons. The van der Waals surface area contributed by atoms with Crippen molar-refractivity contribution in [2.24, 2.45) is 18.7 Å². The van der Waals surface area contributed by atoms with Crippen LogP contribution in [0.2, 0.25) is 0 Å². The molecule has 1 heterocycles. The average Bonchev–Trinajstić information content (AvgIpc) is 2.57. The number of aryl methyl sites for hydroxylation is 1. The Kier molecular flexibility index (Phi) is 4.64. The van der Waals surface area contributed by atoms with Crippen LogP contribution in [0.3, 0.4) is 0 Å². The van der Waals surface area contributed by atoms with E-state index in [4.69, 9.17) is 10.5 Å². The predicted molar refractivity (Wildman–Crippen MR) is 72.5 cm³/mol. The van der Waals surface area contributed by atoms with Crippen molar-refractivity contribution >= 4 is 0 Å². The topological polar surface area (TPSA) is 53.1 Å². The maximum Gasteiger partial charge on any atom is 0.161 e. The lowest BCUT2D eigenvalue weighted by Gasteiger charge is -2.20. The van der Waals surface area contributed by atoms with Crippen molar-refractivity contribution in [1.29, 1.82) is 0 Å². The number of aromatic nitrogens is 2. The van der Waals surface area contributed by atoms with Crippen LogP contribution in [0, 0.1) is 5.92 Å². The highest BCUT2D eigenvalue weighted by atomic mass is 16.5. The van der Waals surface area contributed by atoms with Gasteiger partial charge in [0.1, 0.15) is 0 Å². The molecule has 0 bridgehead atoms. The van der Waals surface area contributed by atoms with Crippen LogP contribution >= 0.6 is 0 Å². The highest BCUT2D eigenvalue weighted by Crippen LogP contribution is 2.32. The minimum absolute atomic E-state index is 0.0375. The molecule has 1 fully saturated rings. The van der Waals surface area contributed by atoms with Crippen LogP contribution in [0.25, 0.3) is 0 Å². The average molecular weight is 251 g/mol. The monoisotopic (exact) mass is 251 g/mol. The van der Waals surface area contributed by atoms with Crippen molar-refractivity contribution in [2.45, 2.75) is 51.0 Å². The van der Waals surface area contributed by atoms with Gasteiger partial charge < -0.3 is 10.5 Å². The molecule has 0 amide bonds. The summed E-state index contributed by atoms with van der Waals surface area (Å²) >= 11 is 0. The normalized spacial score (nSPS) is 19.5. The molecule has 4 nitrogen and oxygen atoms in total. The van der Waals surface area contributed by atoms with E-state index in [9.17, 15) is 0 Å². The number of hydrogen-bond acceptors (Lipinski definition) is 3. The van der Waals surface area contributed by atoms with E-state index in [1.54, 1.807) is 13.3 Å². The number of nitrogens with two attached hydrogens (primary N) is 1. The van der Waals surface area contributed by atoms with Gasteiger partial charge in [0.25, 0.3) is 0 Å². The summed E-state index contributed by atoms with van der Waals surface area (Å²) < 4.78 is 7.19. The minimum Gasteiger partial charge on any atom is -0.493 e. The Balaban J connectivity index is 2.01. The Bertz CT molecular complexity index is 367. The summed E-state index contributed by atoms with van der Waals surface area (Å²) in [5.74, 6) is 1.58. The zero-order valence-corrected chi connectivity index (χ0v) is 11.6. The Morgan fingerprint density at radius 3 is 2.67 bits per heavy atom. The molecule has 102 valence electrons. The van der Waals surface area contributed by atoms with Crippen molar-refractivity contribution < 1.29 is 4.74 Å².